The number of hydrogen-bond acceptors (Lipinski definition) is 3. The quantitative estimate of drug-likeness (QED) is 0.779. The van der Waals surface area contributed by atoms with Crippen LogP contribution in [0.15, 0.2) is 35.3 Å². The number of aromatic amines is 2. The molecule has 24 heavy (non-hydrogen) atoms. The molecule has 2 aromatic heterocycles. The molecule has 5 heteroatoms. The number of hydrogen-bond donors (Lipinski definition) is 2. The van der Waals surface area contributed by atoms with Crippen molar-refractivity contribution in [1.82, 2.24) is 19.9 Å². The summed E-state index contributed by atoms with van der Waals surface area (Å²) >= 11 is 0. The number of para-hydroxylation sites is 1. The molecule has 0 unspecified atom stereocenters. The third kappa shape index (κ3) is 2.65. The smallest absolute Gasteiger partial charge is 0.255 e. The Morgan fingerprint density at radius 1 is 1.29 bits per heavy atom. The van der Waals surface area contributed by atoms with Crippen LogP contribution in [0.25, 0.3) is 10.9 Å². The number of nitrogens with zero attached hydrogens (tertiary/aromatic N) is 2. The molecule has 1 aliphatic heterocycles. The summed E-state index contributed by atoms with van der Waals surface area (Å²) in [5, 5.41) is 1.26. The molecule has 0 saturated heterocycles. The Kier molecular flexibility index (Phi) is 3.73. The molecule has 124 valence electrons. The van der Waals surface area contributed by atoms with Gasteiger partial charge < -0.3 is 9.97 Å². The van der Waals surface area contributed by atoms with Gasteiger partial charge in [0.15, 0.2) is 0 Å². The van der Waals surface area contributed by atoms with Gasteiger partial charge >= 0.3 is 0 Å². The highest BCUT2D eigenvalue weighted by Gasteiger charge is 2.22. The van der Waals surface area contributed by atoms with E-state index in [0.717, 1.165) is 42.1 Å². The highest BCUT2D eigenvalue weighted by Crippen LogP contribution is 2.22. The van der Waals surface area contributed by atoms with Gasteiger partial charge in [0.1, 0.15) is 5.82 Å². The SMILES string of the molecule is CC(C)c1nc2c(c(=O)[nH]1)CN(Cc1c[nH]c3ccccc13)CC2. The monoisotopic (exact) mass is 322 g/mol. The third-order valence-corrected chi connectivity index (χ3v) is 4.78. The van der Waals surface area contributed by atoms with E-state index in [1.807, 2.05) is 6.07 Å². The molecule has 1 aliphatic rings. The van der Waals surface area contributed by atoms with Crippen LogP contribution in [0.1, 0.15) is 42.4 Å². The second-order valence-electron chi connectivity index (χ2n) is 6.85. The Bertz CT molecular complexity index is 938. The fraction of sp³-hybridized carbons (Fsp3) is 0.368. The van der Waals surface area contributed by atoms with Gasteiger partial charge in [-0.1, -0.05) is 32.0 Å². The van der Waals surface area contributed by atoms with Crippen LogP contribution in [-0.4, -0.2) is 26.4 Å². The van der Waals surface area contributed by atoms with Crippen molar-refractivity contribution in [1.29, 1.82) is 0 Å². The minimum absolute atomic E-state index is 0.0207. The summed E-state index contributed by atoms with van der Waals surface area (Å²) < 4.78 is 0. The van der Waals surface area contributed by atoms with Crippen molar-refractivity contribution in [3.63, 3.8) is 0 Å². The van der Waals surface area contributed by atoms with Crippen LogP contribution in [0.5, 0.6) is 0 Å². The average molecular weight is 322 g/mol. The second kappa shape index (κ2) is 5.91. The maximum atomic E-state index is 12.4. The molecule has 3 heterocycles. The van der Waals surface area contributed by atoms with E-state index in [9.17, 15) is 4.79 Å². The normalized spacial score (nSPS) is 15.1. The van der Waals surface area contributed by atoms with Gasteiger partial charge in [0.25, 0.3) is 5.56 Å². The molecule has 0 fully saturated rings. The number of H-pyrrole nitrogens is 2. The Labute approximate surface area is 140 Å². The number of aromatic nitrogens is 3. The summed E-state index contributed by atoms with van der Waals surface area (Å²) in [6, 6.07) is 8.33. The molecule has 4 rings (SSSR count). The minimum Gasteiger partial charge on any atom is -0.361 e. The lowest BCUT2D eigenvalue weighted by atomic mass is 10.0. The summed E-state index contributed by atoms with van der Waals surface area (Å²) in [6.45, 7) is 6.54. The number of nitrogens with one attached hydrogen (secondary N) is 2. The van der Waals surface area contributed by atoms with E-state index < -0.39 is 0 Å². The summed E-state index contributed by atoms with van der Waals surface area (Å²) in [4.78, 5) is 25.7. The predicted molar refractivity (Wildman–Crippen MR) is 95.1 cm³/mol. The Morgan fingerprint density at radius 2 is 2.12 bits per heavy atom. The minimum atomic E-state index is 0.0207. The van der Waals surface area contributed by atoms with E-state index in [1.54, 1.807) is 0 Å². The standard InChI is InChI=1S/C19H22N4O/c1-12(2)18-21-17-7-8-23(11-15(17)19(24)22-18)10-13-9-20-16-6-4-3-5-14(13)16/h3-6,9,12,20H,7-8,10-11H2,1-2H3,(H,21,22,24). The van der Waals surface area contributed by atoms with Crippen LogP contribution in [0.2, 0.25) is 0 Å². The van der Waals surface area contributed by atoms with Crippen molar-refractivity contribution in [2.75, 3.05) is 6.54 Å². The molecule has 0 bridgehead atoms. The van der Waals surface area contributed by atoms with Crippen LogP contribution in [0.4, 0.5) is 0 Å². The molecule has 1 aromatic carbocycles. The fourth-order valence-electron chi connectivity index (χ4n) is 3.41. The van der Waals surface area contributed by atoms with Crippen LogP contribution >= 0.6 is 0 Å². The van der Waals surface area contributed by atoms with Crippen molar-refractivity contribution in [3.8, 4) is 0 Å². The highest BCUT2D eigenvalue weighted by molar-refractivity contribution is 5.82. The van der Waals surface area contributed by atoms with Crippen molar-refractivity contribution in [3.05, 3.63) is 63.5 Å². The molecule has 0 radical (unpaired) electrons. The summed E-state index contributed by atoms with van der Waals surface area (Å²) in [7, 11) is 0. The lowest BCUT2D eigenvalue weighted by Gasteiger charge is -2.27. The molecule has 5 nitrogen and oxygen atoms in total. The predicted octanol–water partition coefficient (Wildman–Crippen LogP) is 2.93. The highest BCUT2D eigenvalue weighted by atomic mass is 16.1. The second-order valence-corrected chi connectivity index (χ2v) is 6.85. The van der Waals surface area contributed by atoms with E-state index >= 15 is 0 Å². The lowest BCUT2D eigenvalue weighted by Crippen LogP contribution is -2.35. The zero-order chi connectivity index (χ0) is 16.7. The van der Waals surface area contributed by atoms with E-state index in [1.165, 1.54) is 10.9 Å². The average Bonchev–Trinajstić information content (AvgIpc) is 2.98. The molecular weight excluding hydrogens is 300 g/mol. The third-order valence-electron chi connectivity index (χ3n) is 4.78. The van der Waals surface area contributed by atoms with Crippen LogP contribution < -0.4 is 5.56 Å². The van der Waals surface area contributed by atoms with Gasteiger partial charge in [-0.25, -0.2) is 4.98 Å². The van der Waals surface area contributed by atoms with Crippen LogP contribution in [-0.2, 0) is 19.5 Å². The van der Waals surface area contributed by atoms with Crippen molar-refractivity contribution >= 4 is 10.9 Å². The lowest BCUT2D eigenvalue weighted by molar-refractivity contribution is 0.242. The molecule has 0 spiro atoms. The maximum Gasteiger partial charge on any atom is 0.255 e. The first-order chi connectivity index (χ1) is 11.6. The van der Waals surface area contributed by atoms with E-state index in [-0.39, 0.29) is 11.5 Å². The Hall–Kier alpha value is -2.40. The number of benzene rings is 1. The molecule has 0 aliphatic carbocycles. The Balaban J connectivity index is 1.59. The summed E-state index contributed by atoms with van der Waals surface area (Å²) in [5.41, 5.74) is 4.25. The van der Waals surface area contributed by atoms with Crippen molar-refractivity contribution < 1.29 is 0 Å². The zero-order valence-corrected chi connectivity index (χ0v) is 14.1. The van der Waals surface area contributed by atoms with Gasteiger partial charge in [-0.05, 0) is 11.6 Å². The number of rotatable bonds is 3. The van der Waals surface area contributed by atoms with Crippen molar-refractivity contribution in [2.45, 2.75) is 39.3 Å². The van der Waals surface area contributed by atoms with Gasteiger partial charge in [-0.15, -0.1) is 0 Å². The van der Waals surface area contributed by atoms with Gasteiger partial charge in [0.05, 0.1) is 11.3 Å². The first kappa shape index (κ1) is 15.1. The topological polar surface area (TPSA) is 64.8 Å². The van der Waals surface area contributed by atoms with E-state index in [0.29, 0.717) is 6.54 Å². The van der Waals surface area contributed by atoms with Gasteiger partial charge in [-0.2, -0.15) is 0 Å². The zero-order valence-electron chi connectivity index (χ0n) is 14.1. The van der Waals surface area contributed by atoms with Crippen LogP contribution in [0, 0.1) is 0 Å². The molecule has 2 N–H and O–H groups in total. The first-order valence-electron chi connectivity index (χ1n) is 8.51. The fourth-order valence-corrected chi connectivity index (χ4v) is 3.41. The Morgan fingerprint density at radius 3 is 2.96 bits per heavy atom. The van der Waals surface area contributed by atoms with E-state index in [2.05, 4.69) is 58.1 Å². The first-order valence-corrected chi connectivity index (χ1v) is 8.51. The van der Waals surface area contributed by atoms with Gasteiger partial charge in [-0.3, -0.25) is 9.69 Å². The molecular formula is C19H22N4O. The van der Waals surface area contributed by atoms with Gasteiger partial charge in [0.2, 0.25) is 0 Å². The van der Waals surface area contributed by atoms with Crippen LogP contribution in [0.3, 0.4) is 0 Å². The molecule has 0 amide bonds. The largest absolute Gasteiger partial charge is 0.361 e. The molecule has 0 atom stereocenters. The van der Waals surface area contributed by atoms with Gasteiger partial charge in [0, 0.05) is 49.1 Å². The molecule has 0 saturated carbocycles. The van der Waals surface area contributed by atoms with Crippen molar-refractivity contribution in [2.24, 2.45) is 0 Å². The summed E-state index contributed by atoms with van der Waals surface area (Å²) in [5.74, 6) is 1.04. The van der Waals surface area contributed by atoms with E-state index in [4.69, 9.17) is 0 Å². The molecule has 3 aromatic rings. The number of fused-ring (bicyclic) bond motifs is 2. The summed E-state index contributed by atoms with van der Waals surface area (Å²) in [6.07, 6.45) is 2.91. The maximum absolute atomic E-state index is 12.4.